The Morgan fingerprint density at radius 1 is 1.29 bits per heavy atom. The molecule has 1 aromatic carbocycles. The van der Waals surface area contributed by atoms with Crippen LogP contribution in [0.2, 0.25) is 0 Å². The molecule has 150 valence electrons. The maximum absolute atomic E-state index is 13.4. The van der Waals surface area contributed by atoms with Crippen molar-refractivity contribution < 1.29 is 32.3 Å². The average Bonchev–Trinajstić information content (AvgIpc) is 2.99. The van der Waals surface area contributed by atoms with Crippen LogP contribution in [0.3, 0.4) is 0 Å². The van der Waals surface area contributed by atoms with E-state index in [-0.39, 0.29) is 48.8 Å². The van der Waals surface area contributed by atoms with Crippen molar-refractivity contribution in [3.05, 3.63) is 52.4 Å². The maximum atomic E-state index is 13.4. The van der Waals surface area contributed by atoms with E-state index >= 15 is 0 Å². The minimum atomic E-state index is -4.77. The molecule has 1 aromatic heterocycles. The first-order valence-electron chi connectivity index (χ1n) is 8.25. The monoisotopic (exact) mass is 400 g/mol. The highest BCUT2D eigenvalue weighted by Crippen LogP contribution is 2.34. The first kappa shape index (κ1) is 19.6. The van der Waals surface area contributed by atoms with E-state index in [1.165, 1.54) is 7.05 Å². The molecule has 0 atom stereocenters. The molecular weight excluding hydrogens is 384 g/mol. The smallest absolute Gasteiger partial charge is 0.416 e. The molecule has 11 heteroatoms. The molecule has 0 aliphatic carbocycles. The van der Waals surface area contributed by atoms with E-state index in [0.717, 1.165) is 17.0 Å². The van der Waals surface area contributed by atoms with Gasteiger partial charge in [-0.25, -0.2) is 14.2 Å². The largest absolute Gasteiger partial charge is 0.465 e. The molecule has 28 heavy (non-hydrogen) atoms. The lowest BCUT2D eigenvalue weighted by Gasteiger charge is -2.26. The molecule has 2 N–H and O–H groups in total. The second-order valence-electron chi connectivity index (χ2n) is 6.23. The molecule has 1 aliphatic heterocycles. The third-order valence-corrected chi connectivity index (χ3v) is 4.53. The molecule has 1 aliphatic rings. The summed E-state index contributed by atoms with van der Waals surface area (Å²) in [6, 6.07) is 2.36. The Balaban J connectivity index is 2.08. The summed E-state index contributed by atoms with van der Waals surface area (Å²) in [7, 11) is 1.35. The number of fused-ring (bicyclic) bond motifs is 1. The summed E-state index contributed by atoms with van der Waals surface area (Å²) in [6.07, 6.45) is -6.23. The fourth-order valence-corrected chi connectivity index (χ4v) is 3.18. The number of amides is 2. The molecule has 0 bridgehead atoms. The van der Waals surface area contributed by atoms with Gasteiger partial charge in [0.15, 0.2) is 0 Å². The molecule has 3 rings (SSSR count). The van der Waals surface area contributed by atoms with Gasteiger partial charge in [0, 0.05) is 26.6 Å². The molecular formula is C17H16F4N4O3. The molecule has 0 saturated carbocycles. The fraction of sp³-hybridized carbons (Fsp3) is 0.353. The van der Waals surface area contributed by atoms with Gasteiger partial charge in [0.2, 0.25) is 0 Å². The highest BCUT2D eigenvalue weighted by molar-refractivity contribution is 5.93. The lowest BCUT2D eigenvalue weighted by atomic mass is 10.0. The summed E-state index contributed by atoms with van der Waals surface area (Å²) in [5.74, 6) is -1.36. The van der Waals surface area contributed by atoms with Crippen LogP contribution < -0.4 is 5.32 Å². The Labute approximate surface area is 156 Å². The zero-order valence-electron chi connectivity index (χ0n) is 14.7. The number of carbonyl (C=O) groups excluding carboxylic acids is 1. The number of alkyl halides is 3. The summed E-state index contributed by atoms with van der Waals surface area (Å²) in [5.41, 5.74) is -1.20. The van der Waals surface area contributed by atoms with Crippen LogP contribution in [0, 0.1) is 5.82 Å². The predicted octanol–water partition coefficient (Wildman–Crippen LogP) is 2.49. The van der Waals surface area contributed by atoms with Gasteiger partial charge >= 0.3 is 12.3 Å². The van der Waals surface area contributed by atoms with E-state index in [0.29, 0.717) is 6.07 Å². The molecule has 0 radical (unpaired) electrons. The number of carbonyl (C=O) groups is 2. The number of rotatable bonds is 3. The number of benzene rings is 1. The van der Waals surface area contributed by atoms with Gasteiger partial charge in [-0.1, -0.05) is 6.07 Å². The minimum Gasteiger partial charge on any atom is -0.465 e. The molecule has 7 nitrogen and oxygen atoms in total. The van der Waals surface area contributed by atoms with Crippen molar-refractivity contribution in [2.24, 2.45) is 0 Å². The molecule has 0 fully saturated rings. The number of halogens is 4. The third-order valence-electron chi connectivity index (χ3n) is 4.53. The second-order valence-corrected chi connectivity index (χ2v) is 6.23. The molecule has 2 aromatic rings. The Kier molecular flexibility index (Phi) is 5.01. The lowest BCUT2D eigenvalue weighted by Crippen LogP contribution is -2.37. The van der Waals surface area contributed by atoms with Crippen LogP contribution in [0.15, 0.2) is 18.2 Å². The number of nitrogens with one attached hydrogen (secondary N) is 1. The van der Waals surface area contributed by atoms with Crippen molar-refractivity contribution in [2.75, 3.05) is 13.6 Å². The zero-order valence-corrected chi connectivity index (χ0v) is 14.7. The predicted molar refractivity (Wildman–Crippen MR) is 88.3 cm³/mol. The van der Waals surface area contributed by atoms with Crippen LogP contribution in [0.25, 0.3) is 0 Å². The summed E-state index contributed by atoms with van der Waals surface area (Å²) in [4.78, 5) is 28.6. The number of imidazole rings is 1. The quantitative estimate of drug-likeness (QED) is 0.775. The van der Waals surface area contributed by atoms with E-state index in [1.54, 1.807) is 4.57 Å². The van der Waals surface area contributed by atoms with Crippen molar-refractivity contribution in [3.8, 4) is 0 Å². The first-order valence-corrected chi connectivity index (χ1v) is 8.25. The molecule has 0 unspecified atom stereocenters. The van der Waals surface area contributed by atoms with Crippen molar-refractivity contribution in [1.82, 2.24) is 19.8 Å². The van der Waals surface area contributed by atoms with Crippen LogP contribution in [0.4, 0.5) is 22.4 Å². The first-order chi connectivity index (χ1) is 13.1. The Hall–Kier alpha value is -3.11. The van der Waals surface area contributed by atoms with E-state index in [4.69, 9.17) is 5.11 Å². The van der Waals surface area contributed by atoms with Crippen molar-refractivity contribution in [1.29, 1.82) is 0 Å². The molecule has 0 saturated heterocycles. The standard InChI is InChI=1S/C17H16F4N4O3/c1-22-15(26)14-12(25-5-4-24(16(27)28)8-13(25)23-14)6-9-2-3-10(18)7-11(9)17(19,20)21/h2-3,7H,4-6,8H2,1H3,(H,22,26)(H,27,28). The van der Waals surface area contributed by atoms with Crippen LogP contribution in [-0.2, 0) is 25.7 Å². The van der Waals surface area contributed by atoms with E-state index in [9.17, 15) is 27.2 Å². The number of aromatic nitrogens is 2. The van der Waals surface area contributed by atoms with E-state index in [2.05, 4.69) is 10.3 Å². The van der Waals surface area contributed by atoms with E-state index in [1.807, 2.05) is 0 Å². The molecule has 2 heterocycles. The summed E-state index contributed by atoms with van der Waals surface area (Å²) in [5, 5.41) is 11.5. The van der Waals surface area contributed by atoms with Crippen LogP contribution in [-0.4, -0.2) is 45.2 Å². The van der Waals surface area contributed by atoms with Gasteiger partial charge in [0.05, 0.1) is 17.8 Å². The van der Waals surface area contributed by atoms with Crippen LogP contribution >= 0.6 is 0 Å². The van der Waals surface area contributed by atoms with Crippen LogP contribution in [0.5, 0.6) is 0 Å². The Bertz CT molecular complexity index is 939. The van der Waals surface area contributed by atoms with Gasteiger partial charge in [0.1, 0.15) is 17.3 Å². The number of hydrogen-bond acceptors (Lipinski definition) is 3. The maximum Gasteiger partial charge on any atom is 0.416 e. The Morgan fingerprint density at radius 3 is 2.61 bits per heavy atom. The van der Waals surface area contributed by atoms with Crippen molar-refractivity contribution in [3.63, 3.8) is 0 Å². The molecule has 2 amide bonds. The zero-order chi connectivity index (χ0) is 20.6. The number of nitrogens with zero attached hydrogens (tertiary/aromatic N) is 3. The second kappa shape index (κ2) is 7.13. The van der Waals surface area contributed by atoms with Gasteiger partial charge in [-0.3, -0.25) is 9.69 Å². The van der Waals surface area contributed by atoms with Crippen LogP contribution in [0.1, 0.15) is 33.1 Å². The Morgan fingerprint density at radius 2 is 2.00 bits per heavy atom. The van der Waals surface area contributed by atoms with Gasteiger partial charge in [-0.2, -0.15) is 13.2 Å². The normalized spacial score (nSPS) is 14.0. The van der Waals surface area contributed by atoms with E-state index < -0.39 is 29.6 Å². The number of hydrogen-bond donors (Lipinski definition) is 2. The van der Waals surface area contributed by atoms with Gasteiger partial charge in [-0.05, 0) is 17.7 Å². The minimum absolute atomic E-state index is 0.0813. The van der Waals surface area contributed by atoms with Gasteiger partial charge in [-0.15, -0.1) is 0 Å². The number of carboxylic acid groups (broad SMARTS) is 1. The van der Waals surface area contributed by atoms with Crippen molar-refractivity contribution >= 4 is 12.0 Å². The summed E-state index contributed by atoms with van der Waals surface area (Å²) in [6.45, 7) is 0.160. The van der Waals surface area contributed by atoms with Crippen molar-refractivity contribution in [2.45, 2.75) is 25.7 Å². The average molecular weight is 400 g/mol. The summed E-state index contributed by atoms with van der Waals surface area (Å²) < 4.78 is 54.9. The summed E-state index contributed by atoms with van der Waals surface area (Å²) >= 11 is 0. The van der Waals surface area contributed by atoms with Gasteiger partial charge < -0.3 is 15.0 Å². The van der Waals surface area contributed by atoms with Gasteiger partial charge in [0.25, 0.3) is 5.91 Å². The topological polar surface area (TPSA) is 87.5 Å². The molecule has 0 spiro atoms. The lowest BCUT2D eigenvalue weighted by molar-refractivity contribution is -0.138. The fourth-order valence-electron chi connectivity index (χ4n) is 3.18. The highest BCUT2D eigenvalue weighted by Gasteiger charge is 2.35. The third kappa shape index (κ3) is 3.64. The highest BCUT2D eigenvalue weighted by atomic mass is 19.4. The SMILES string of the molecule is CNC(=O)c1nc2n(c1Cc1ccc(F)cc1C(F)(F)F)CCN(C(=O)O)C2.